The molecule has 9 heteroatoms. The zero-order chi connectivity index (χ0) is 12.4. The Balaban J connectivity index is -0.000000225. The van der Waals surface area contributed by atoms with Gasteiger partial charge < -0.3 is 30.5 Å². The molecule has 90 valence electrons. The number of H-pyrrole nitrogens is 1. The fourth-order valence-corrected chi connectivity index (χ4v) is 0.780. The third-order valence-electron chi connectivity index (χ3n) is 1.49. The quantitative estimate of drug-likeness (QED) is 0.511. The van der Waals surface area contributed by atoms with Crippen LogP contribution in [0.25, 0.3) is 0 Å². The van der Waals surface area contributed by atoms with E-state index in [0.717, 1.165) is 12.1 Å². The van der Waals surface area contributed by atoms with Gasteiger partial charge in [-0.2, -0.15) is 0 Å². The first-order chi connectivity index (χ1) is 7.56. The molecule has 1 aromatic rings. The first-order valence-electron chi connectivity index (χ1n) is 4.63. The first kappa shape index (κ1) is 23.2. The molecule has 0 fully saturated rings. The summed E-state index contributed by atoms with van der Waals surface area (Å²) in [4.78, 5) is 25.8. The second-order valence-corrected chi connectivity index (χ2v) is 2.84. The predicted molar refractivity (Wildman–Crippen MR) is 50.6 cm³/mol. The van der Waals surface area contributed by atoms with Crippen molar-refractivity contribution in [3.8, 4) is 0 Å². The Morgan fingerprint density at radius 1 is 1.22 bits per heavy atom. The topological polar surface area (TPSA) is 135 Å². The van der Waals surface area contributed by atoms with Crippen molar-refractivity contribution in [3.05, 3.63) is 18.2 Å². The number of imidazole rings is 1. The number of nitrogens with two attached hydrogens (primary N) is 1. The number of carbonyl (C=O) groups excluding carboxylic acids is 2. The summed E-state index contributed by atoms with van der Waals surface area (Å²) in [5.74, 6) is -2.73. The van der Waals surface area contributed by atoms with E-state index in [2.05, 4.69) is 9.97 Å². The van der Waals surface area contributed by atoms with E-state index in [1.807, 2.05) is 6.20 Å². The van der Waals surface area contributed by atoms with Gasteiger partial charge in [0.15, 0.2) is 0 Å². The third kappa shape index (κ3) is 16.1. The van der Waals surface area contributed by atoms with Crippen LogP contribution >= 0.6 is 0 Å². The van der Waals surface area contributed by atoms with Gasteiger partial charge in [-0.3, -0.25) is 0 Å². The van der Waals surface area contributed by atoms with Gasteiger partial charge in [-0.25, -0.2) is 4.98 Å². The number of nitrogens with one attached hydrogen (secondary N) is 1. The van der Waals surface area contributed by atoms with Crippen molar-refractivity contribution < 1.29 is 78.9 Å². The van der Waals surface area contributed by atoms with Gasteiger partial charge in [-0.1, -0.05) is 0 Å². The van der Waals surface area contributed by atoms with E-state index < -0.39 is 24.8 Å². The van der Waals surface area contributed by atoms with Crippen LogP contribution in [0, 0.1) is 0 Å². The van der Waals surface area contributed by atoms with Crippen molar-refractivity contribution in [3.63, 3.8) is 0 Å². The Labute approximate surface area is 149 Å². The Morgan fingerprint density at radius 2 is 1.72 bits per heavy atom. The molecule has 18 heavy (non-hydrogen) atoms. The van der Waals surface area contributed by atoms with Crippen LogP contribution in [0.1, 0.15) is 18.5 Å². The van der Waals surface area contributed by atoms with E-state index in [1.54, 1.807) is 6.33 Å². The van der Waals surface area contributed by atoms with Gasteiger partial charge >= 0.3 is 59.1 Å². The van der Waals surface area contributed by atoms with Gasteiger partial charge in [-0.15, -0.1) is 0 Å². The number of rotatable bonds is 5. The molecule has 0 aliphatic rings. The molecule has 0 atom stereocenters. The fourth-order valence-electron chi connectivity index (χ4n) is 0.780. The molecule has 0 bridgehead atoms. The molecule has 0 spiro atoms. The van der Waals surface area contributed by atoms with Crippen LogP contribution in [0.3, 0.4) is 0 Å². The van der Waals surface area contributed by atoms with Crippen LogP contribution in [0.15, 0.2) is 12.5 Å². The largest absolute Gasteiger partial charge is 1.00 e. The van der Waals surface area contributed by atoms with Crippen molar-refractivity contribution in [2.24, 2.45) is 5.73 Å². The smallest absolute Gasteiger partial charge is 0.550 e. The summed E-state index contributed by atoms with van der Waals surface area (Å²) in [6, 6.07) is 0. The maximum Gasteiger partial charge on any atom is 1.00 e. The maximum atomic E-state index is 9.50. The molecule has 0 saturated heterocycles. The first-order valence-corrected chi connectivity index (χ1v) is 4.63. The Hall–Kier alpha value is 0.110. The predicted octanol–water partition coefficient (Wildman–Crippen LogP) is -8.81. The molecule has 0 saturated carbocycles. The van der Waals surface area contributed by atoms with Crippen molar-refractivity contribution in [2.75, 3.05) is 6.54 Å². The van der Waals surface area contributed by atoms with Crippen molar-refractivity contribution in [1.82, 2.24) is 9.97 Å². The number of hydrogen-bond acceptors (Lipinski definition) is 6. The Morgan fingerprint density at radius 3 is 2.00 bits per heavy atom. The molecular weight excluding hydrogens is 260 g/mol. The molecule has 1 rings (SSSR count). The Kier molecular flexibility index (Phi) is 19.6. The summed E-state index contributed by atoms with van der Waals surface area (Å²) in [6.45, 7) is 0.671. The van der Waals surface area contributed by atoms with Crippen molar-refractivity contribution in [2.45, 2.75) is 19.3 Å². The molecule has 0 unspecified atom stereocenters. The summed E-state index contributed by atoms with van der Waals surface area (Å²) in [5.41, 5.74) is 6.30. The maximum absolute atomic E-state index is 9.50. The molecule has 0 aromatic carbocycles. The molecule has 1 aromatic heterocycles. The number of aromatic amines is 1. The summed E-state index contributed by atoms with van der Waals surface area (Å²) in [5, 5.41) is 19.0. The van der Waals surface area contributed by atoms with E-state index in [4.69, 9.17) is 5.73 Å². The second kappa shape index (κ2) is 15.2. The van der Waals surface area contributed by atoms with Crippen LogP contribution < -0.4 is 75.1 Å². The number of nitrogens with zero attached hydrogens (tertiary/aromatic N) is 1. The minimum absolute atomic E-state index is 0. The molecule has 0 radical (unpaired) electrons. The molecule has 3 N–H and O–H groups in total. The van der Waals surface area contributed by atoms with Gasteiger partial charge in [0.2, 0.25) is 0 Å². The van der Waals surface area contributed by atoms with E-state index in [-0.39, 0.29) is 59.1 Å². The van der Waals surface area contributed by atoms with Crippen LogP contribution in [-0.2, 0) is 16.0 Å². The van der Waals surface area contributed by atoms with Gasteiger partial charge in [0.1, 0.15) is 0 Å². The standard InChI is InChI=1S/C5H9N3.C4H6O4.2Na/c6-2-1-5-3-7-4-8-5;5-3(6)1-2-4(7)8;;/h3-4H,1-2,6H2,(H,7,8);1-2H2,(H,5,6)(H,7,8);;/q;;2*+1/p-2. The number of carboxylic acid groups (broad SMARTS) is 2. The second-order valence-electron chi connectivity index (χ2n) is 2.84. The Bertz CT molecular complexity index is 306. The molecule has 0 amide bonds. The van der Waals surface area contributed by atoms with Gasteiger partial charge in [0.05, 0.1) is 12.0 Å². The van der Waals surface area contributed by atoms with E-state index in [9.17, 15) is 19.8 Å². The fraction of sp³-hybridized carbons (Fsp3) is 0.444. The number of hydrogen-bond donors (Lipinski definition) is 2. The van der Waals surface area contributed by atoms with Gasteiger partial charge in [0.25, 0.3) is 0 Å². The molecule has 7 nitrogen and oxygen atoms in total. The summed E-state index contributed by atoms with van der Waals surface area (Å²) < 4.78 is 0. The van der Waals surface area contributed by atoms with Crippen molar-refractivity contribution in [1.29, 1.82) is 0 Å². The number of aliphatic carboxylic acids is 2. The molecular formula is C9H13N3Na2O4. The van der Waals surface area contributed by atoms with Crippen LogP contribution in [-0.4, -0.2) is 28.5 Å². The number of carboxylic acids is 2. The summed E-state index contributed by atoms with van der Waals surface area (Å²) >= 11 is 0. The van der Waals surface area contributed by atoms with Crippen LogP contribution in [0.2, 0.25) is 0 Å². The minimum atomic E-state index is -1.37. The molecule has 0 aliphatic heterocycles. The SMILES string of the molecule is NCCc1c[nH]cn1.O=C([O-])CCC(=O)[O-].[Na+].[Na+]. The normalized spacial score (nSPS) is 8.06. The zero-order valence-electron chi connectivity index (χ0n) is 10.6. The molecule has 0 aliphatic carbocycles. The minimum Gasteiger partial charge on any atom is -0.550 e. The van der Waals surface area contributed by atoms with Crippen LogP contribution in [0.5, 0.6) is 0 Å². The van der Waals surface area contributed by atoms with E-state index >= 15 is 0 Å². The van der Waals surface area contributed by atoms with Gasteiger partial charge in [0, 0.05) is 24.6 Å². The average Bonchev–Trinajstić information content (AvgIpc) is 2.69. The zero-order valence-corrected chi connectivity index (χ0v) is 14.6. The van der Waals surface area contributed by atoms with Gasteiger partial charge in [-0.05, 0) is 19.4 Å². The van der Waals surface area contributed by atoms with E-state index in [0.29, 0.717) is 6.54 Å². The van der Waals surface area contributed by atoms with E-state index in [1.165, 1.54) is 0 Å². The number of carbonyl (C=O) groups is 2. The van der Waals surface area contributed by atoms with Crippen LogP contribution in [0.4, 0.5) is 0 Å². The average molecular weight is 273 g/mol. The summed E-state index contributed by atoms with van der Waals surface area (Å²) in [7, 11) is 0. The third-order valence-corrected chi connectivity index (χ3v) is 1.49. The monoisotopic (exact) mass is 273 g/mol. The number of aromatic nitrogens is 2. The summed E-state index contributed by atoms with van der Waals surface area (Å²) in [6.07, 6.45) is 3.44. The molecule has 1 heterocycles. The van der Waals surface area contributed by atoms with Crippen molar-refractivity contribution >= 4 is 11.9 Å².